The molecule has 2 aliphatic heterocycles. The number of hydrogen-bond donors (Lipinski definition) is 2. The summed E-state index contributed by atoms with van der Waals surface area (Å²) in [6.07, 6.45) is 1.32. The zero-order valence-electron chi connectivity index (χ0n) is 15.4. The largest absolute Gasteiger partial charge is 0.477 e. The summed E-state index contributed by atoms with van der Waals surface area (Å²) in [5, 5.41) is 13.2. The molecule has 0 unspecified atom stereocenters. The molecule has 8 nitrogen and oxygen atoms in total. The van der Waals surface area contributed by atoms with Crippen LogP contribution in [-0.4, -0.2) is 58.0 Å². The summed E-state index contributed by atoms with van der Waals surface area (Å²) in [5.41, 5.74) is 0.707. The van der Waals surface area contributed by atoms with Gasteiger partial charge in [-0.1, -0.05) is 42.1 Å². The first-order valence-corrected chi connectivity index (χ1v) is 10.5. The van der Waals surface area contributed by atoms with E-state index in [1.54, 1.807) is 0 Å². The molecular formula is C19H18N2O6S2. The Hall–Kier alpha value is -2.72. The summed E-state index contributed by atoms with van der Waals surface area (Å²) in [6.45, 7) is 0. The summed E-state index contributed by atoms with van der Waals surface area (Å²) in [4.78, 5) is 49.4. The molecule has 2 amide bonds. The highest BCUT2D eigenvalue weighted by Gasteiger charge is 2.54. The van der Waals surface area contributed by atoms with Crippen LogP contribution in [0.5, 0.6) is 0 Å². The maximum atomic E-state index is 12.6. The Morgan fingerprint density at radius 2 is 2.07 bits per heavy atom. The van der Waals surface area contributed by atoms with Gasteiger partial charge in [-0.15, -0.1) is 11.8 Å². The van der Waals surface area contributed by atoms with Crippen LogP contribution in [0.2, 0.25) is 0 Å². The van der Waals surface area contributed by atoms with Crippen LogP contribution in [0, 0.1) is 0 Å². The maximum absolute atomic E-state index is 12.6. The highest BCUT2D eigenvalue weighted by atomic mass is 32.2. The molecule has 2 heterocycles. The van der Waals surface area contributed by atoms with Crippen LogP contribution in [0.1, 0.15) is 5.56 Å². The number of fused-ring (bicyclic) bond motifs is 1. The number of nitrogens with zero attached hydrogens (tertiary/aromatic N) is 1. The lowest BCUT2D eigenvalue weighted by molar-refractivity contribution is -0.150. The number of β-lactam (4-membered cyclic amide) rings is 1. The zero-order valence-corrected chi connectivity index (χ0v) is 17.0. The third-order valence-corrected chi connectivity index (χ3v) is 6.63. The van der Waals surface area contributed by atoms with Gasteiger partial charge in [0, 0.05) is 16.7 Å². The number of esters is 1. The summed E-state index contributed by atoms with van der Waals surface area (Å²) >= 11 is 2.42. The maximum Gasteiger partial charge on any atom is 0.353 e. The van der Waals surface area contributed by atoms with E-state index in [9.17, 15) is 24.3 Å². The molecule has 1 aromatic rings. The number of carboxylic acid groups (broad SMARTS) is 1. The Labute approximate surface area is 175 Å². The minimum absolute atomic E-state index is 0.119. The van der Waals surface area contributed by atoms with Crippen molar-refractivity contribution in [3.8, 4) is 0 Å². The van der Waals surface area contributed by atoms with E-state index < -0.39 is 29.3 Å². The number of ether oxygens (including phenoxy) is 1. The number of benzene rings is 1. The van der Waals surface area contributed by atoms with Crippen molar-refractivity contribution in [3.63, 3.8) is 0 Å². The van der Waals surface area contributed by atoms with E-state index in [1.807, 2.05) is 30.3 Å². The highest BCUT2D eigenvalue weighted by molar-refractivity contribution is 8.08. The van der Waals surface area contributed by atoms with Gasteiger partial charge in [-0.25, -0.2) is 9.59 Å². The van der Waals surface area contributed by atoms with Crippen LogP contribution in [0.15, 0.2) is 52.4 Å². The van der Waals surface area contributed by atoms with E-state index in [4.69, 9.17) is 0 Å². The second-order valence-corrected chi connectivity index (χ2v) is 8.24. The molecule has 2 N–H and O–H groups in total. The fourth-order valence-electron chi connectivity index (χ4n) is 2.93. The normalized spacial score (nSPS) is 20.9. The molecule has 2 atom stereocenters. The van der Waals surface area contributed by atoms with Gasteiger partial charge in [-0.05, 0) is 11.0 Å². The minimum atomic E-state index is -1.23. The Morgan fingerprint density at radius 3 is 2.72 bits per heavy atom. The standard InChI is InChI=1S/C19H18N2O6S2/c1-27-14(23)7-8-28-12-10-29-18-15(17(24)21(18)16(12)19(25)26)20-13(22)9-11-5-3-2-4-6-11/h2-8,15,18H,9-10H2,1H3,(H,20,22)(H,25,26)/t15-,18+/m1/s1. The minimum Gasteiger partial charge on any atom is -0.477 e. The number of thioether (sulfide) groups is 2. The van der Waals surface area contributed by atoms with Gasteiger partial charge in [0.15, 0.2) is 0 Å². The van der Waals surface area contributed by atoms with E-state index in [2.05, 4.69) is 10.1 Å². The SMILES string of the molecule is COC(=O)C=CSC1=C(C(=O)O)N2C(=O)[C@@H](NC(=O)Cc3ccccc3)[C@@H]2SC1. The van der Waals surface area contributed by atoms with Gasteiger partial charge >= 0.3 is 11.9 Å². The van der Waals surface area contributed by atoms with Crippen molar-refractivity contribution in [2.24, 2.45) is 0 Å². The van der Waals surface area contributed by atoms with Crippen LogP contribution in [0.3, 0.4) is 0 Å². The van der Waals surface area contributed by atoms with Crippen LogP contribution >= 0.6 is 23.5 Å². The van der Waals surface area contributed by atoms with E-state index in [1.165, 1.54) is 35.3 Å². The monoisotopic (exact) mass is 434 g/mol. The fraction of sp³-hybridized carbons (Fsp3) is 0.263. The number of carboxylic acids is 1. The molecule has 0 aromatic heterocycles. The van der Waals surface area contributed by atoms with Gasteiger partial charge in [0.2, 0.25) is 5.91 Å². The van der Waals surface area contributed by atoms with Gasteiger partial charge in [0.1, 0.15) is 17.1 Å². The third kappa shape index (κ3) is 4.65. The molecule has 3 rings (SSSR count). The summed E-state index contributed by atoms with van der Waals surface area (Å²) < 4.78 is 4.49. The number of aliphatic carboxylic acids is 1. The highest BCUT2D eigenvalue weighted by Crippen LogP contribution is 2.43. The Bertz CT molecular complexity index is 899. The topological polar surface area (TPSA) is 113 Å². The van der Waals surface area contributed by atoms with E-state index in [-0.39, 0.29) is 18.0 Å². The second kappa shape index (κ2) is 9.19. The van der Waals surface area contributed by atoms with E-state index in [0.29, 0.717) is 10.7 Å². The zero-order chi connectivity index (χ0) is 21.0. The van der Waals surface area contributed by atoms with Crippen LogP contribution in [0.4, 0.5) is 0 Å². The van der Waals surface area contributed by atoms with Gasteiger partial charge in [-0.3, -0.25) is 14.5 Å². The Morgan fingerprint density at radius 1 is 1.34 bits per heavy atom. The molecule has 0 radical (unpaired) electrons. The predicted octanol–water partition coefficient (Wildman–Crippen LogP) is 1.35. The Balaban J connectivity index is 1.68. The van der Waals surface area contributed by atoms with Crippen LogP contribution in [0.25, 0.3) is 0 Å². The first-order valence-electron chi connectivity index (χ1n) is 8.58. The predicted molar refractivity (Wildman–Crippen MR) is 109 cm³/mol. The molecule has 1 saturated heterocycles. The van der Waals surface area contributed by atoms with Crippen LogP contribution in [-0.2, 0) is 30.3 Å². The molecule has 1 aromatic carbocycles. The van der Waals surface area contributed by atoms with Crippen molar-refractivity contribution in [3.05, 3.63) is 58.0 Å². The average Bonchev–Trinajstić information content (AvgIpc) is 2.71. The first-order chi connectivity index (χ1) is 13.9. The fourth-order valence-corrected chi connectivity index (χ4v) is 5.24. The second-order valence-electron chi connectivity index (χ2n) is 6.14. The lowest BCUT2D eigenvalue weighted by Crippen LogP contribution is -2.70. The number of methoxy groups -OCH3 is 1. The Kier molecular flexibility index (Phi) is 6.65. The lowest BCUT2D eigenvalue weighted by Gasteiger charge is -2.49. The molecular weight excluding hydrogens is 416 g/mol. The first kappa shape index (κ1) is 21.0. The molecule has 10 heteroatoms. The van der Waals surface area contributed by atoms with Crippen molar-refractivity contribution in [1.29, 1.82) is 0 Å². The molecule has 0 saturated carbocycles. The van der Waals surface area contributed by atoms with Gasteiger partial charge in [0.05, 0.1) is 13.5 Å². The smallest absolute Gasteiger partial charge is 0.353 e. The number of hydrogen-bond acceptors (Lipinski definition) is 7. The summed E-state index contributed by atoms with van der Waals surface area (Å²) in [7, 11) is 1.24. The van der Waals surface area contributed by atoms with Crippen molar-refractivity contribution in [1.82, 2.24) is 10.2 Å². The van der Waals surface area contributed by atoms with Gasteiger partial charge in [0.25, 0.3) is 5.91 Å². The quantitative estimate of drug-likeness (QED) is 0.376. The lowest BCUT2D eigenvalue weighted by atomic mass is 10.0. The van der Waals surface area contributed by atoms with Gasteiger partial charge < -0.3 is 15.2 Å². The van der Waals surface area contributed by atoms with Crippen LogP contribution < -0.4 is 5.32 Å². The molecule has 1 fully saturated rings. The number of carbonyl (C=O) groups excluding carboxylic acids is 3. The van der Waals surface area contributed by atoms with Crippen molar-refractivity contribution in [2.75, 3.05) is 12.9 Å². The number of rotatable bonds is 7. The molecule has 2 aliphatic rings. The molecule has 152 valence electrons. The molecule has 0 spiro atoms. The van der Waals surface area contributed by atoms with E-state index in [0.717, 1.165) is 17.3 Å². The summed E-state index contributed by atoms with van der Waals surface area (Å²) in [5.74, 6) is -2.20. The summed E-state index contributed by atoms with van der Waals surface area (Å²) in [6, 6.07) is 8.38. The van der Waals surface area contributed by atoms with Crippen molar-refractivity contribution >= 4 is 47.3 Å². The van der Waals surface area contributed by atoms with Crippen molar-refractivity contribution < 1.29 is 29.0 Å². The number of nitrogens with one attached hydrogen (secondary N) is 1. The number of amides is 2. The third-order valence-electron chi connectivity index (χ3n) is 4.28. The van der Waals surface area contributed by atoms with Crippen molar-refractivity contribution in [2.45, 2.75) is 17.8 Å². The molecule has 0 bridgehead atoms. The molecule has 29 heavy (non-hydrogen) atoms. The molecule has 0 aliphatic carbocycles. The average molecular weight is 434 g/mol. The number of carbonyl (C=O) groups is 4. The van der Waals surface area contributed by atoms with E-state index >= 15 is 0 Å². The van der Waals surface area contributed by atoms with Gasteiger partial charge in [-0.2, -0.15) is 0 Å².